The molecule has 22 heavy (non-hydrogen) atoms. The molecule has 2 aromatic rings. The van der Waals surface area contributed by atoms with E-state index in [1.165, 1.54) is 23.5 Å². The Kier molecular flexibility index (Phi) is 4.71. The molecular formula is C14H15N3O4S. The zero-order valence-electron chi connectivity index (χ0n) is 12.1. The number of hydrogen-bond acceptors (Lipinski definition) is 6. The minimum atomic E-state index is -0.850. The molecule has 1 aromatic carbocycles. The molecule has 0 saturated heterocycles. The lowest BCUT2D eigenvalue weighted by Gasteiger charge is -2.06. The number of benzene rings is 1. The van der Waals surface area contributed by atoms with Crippen molar-refractivity contribution in [2.75, 3.05) is 5.32 Å². The first-order valence-corrected chi connectivity index (χ1v) is 7.38. The van der Waals surface area contributed by atoms with Gasteiger partial charge in [-0.2, -0.15) is 0 Å². The Bertz CT molecular complexity index is 727. The molecule has 7 nitrogen and oxygen atoms in total. The molecule has 1 heterocycles. The molecule has 0 amide bonds. The van der Waals surface area contributed by atoms with Gasteiger partial charge in [0.15, 0.2) is 5.13 Å². The topological polar surface area (TPSA) is 105 Å². The van der Waals surface area contributed by atoms with Crippen molar-refractivity contribution >= 4 is 33.8 Å². The Morgan fingerprint density at radius 2 is 2.18 bits per heavy atom. The molecule has 0 aliphatic heterocycles. The second-order valence-corrected chi connectivity index (χ2v) is 5.89. The van der Waals surface area contributed by atoms with Crippen molar-refractivity contribution in [2.24, 2.45) is 0 Å². The van der Waals surface area contributed by atoms with E-state index < -0.39 is 10.9 Å². The first-order chi connectivity index (χ1) is 10.4. The Morgan fingerprint density at radius 3 is 2.82 bits per heavy atom. The highest BCUT2D eigenvalue weighted by molar-refractivity contribution is 7.15. The number of rotatable bonds is 6. The highest BCUT2D eigenvalue weighted by Gasteiger charge is 2.13. The third-order valence-corrected chi connectivity index (χ3v) is 4.26. The number of nitro groups is 1. The highest BCUT2D eigenvalue weighted by atomic mass is 32.1. The number of non-ortho nitro benzene ring substituents is 1. The molecule has 1 aromatic heterocycles. The first-order valence-electron chi connectivity index (χ1n) is 6.57. The van der Waals surface area contributed by atoms with E-state index in [0.717, 1.165) is 16.1 Å². The average molecular weight is 321 g/mol. The molecule has 2 N–H and O–H groups in total. The second-order valence-electron chi connectivity index (χ2n) is 4.80. The Hall–Kier alpha value is -2.48. The Labute approximate surface area is 130 Å². The standard InChI is InChI=1S/C14H15N3O4S/c1-8-3-4-10(17(20)21)7-11(8)16-14-15-9(2)12(22-14)5-6-13(18)19/h3-4,7H,5-6H2,1-2H3,(H,15,16)(H,18,19). The van der Waals surface area contributed by atoms with E-state index in [4.69, 9.17) is 5.11 Å². The van der Waals surface area contributed by atoms with Crippen LogP contribution in [0.1, 0.15) is 22.6 Å². The van der Waals surface area contributed by atoms with Gasteiger partial charge in [-0.15, -0.1) is 11.3 Å². The van der Waals surface area contributed by atoms with Gasteiger partial charge in [-0.1, -0.05) is 6.07 Å². The zero-order chi connectivity index (χ0) is 16.3. The average Bonchev–Trinajstić information content (AvgIpc) is 2.78. The van der Waals surface area contributed by atoms with E-state index in [-0.39, 0.29) is 12.1 Å². The highest BCUT2D eigenvalue weighted by Crippen LogP contribution is 2.30. The number of nitro benzene ring substituents is 1. The van der Waals surface area contributed by atoms with E-state index >= 15 is 0 Å². The van der Waals surface area contributed by atoms with Crippen LogP contribution in [0.15, 0.2) is 18.2 Å². The summed E-state index contributed by atoms with van der Waals surface area (Å²) in [5, 5.41) is 23.2. The van der Waals surface area contributed by atoms with Gasteiger partial charge in [0.05, 0.1) is 22.7 Å². The van der Waals surface area contributed by atoms with E-state index in [1.54, 1.807) is 6.07 Å². The first kappa shape index (κ1) is 15.9. The number of aromatic nitrogens is 1. The predicted octanol–water partition coefficient (Wildman–Crippen LogP) is 3.43. The summed E-state index contributed by atoms with van der Waals surface area (Å²) < 4.78 is 0. The molecule has 0 bridgehead atoms. The lowest BCUT2D eigenvalue weighted by Crippen LogP contribution is -1.96. The summed E-state index contributed by atoms with van der Waals surface area (Å²) in [6.45, 7) is 3.66. The fourth-order valence-electron chi connectivity index (χ4n) is 1.91. The number of thiazole rings is 1. The Balaban J connectivity index is 2.20. The number of aliphatic carboxylic acids is 1. The van der Waals surface area contributed by atoms with Gasteiger partial charge < -0.3 is 10.4 Å². The van der Waals surface area contributed by atoms with Crippen LogP contribution in [0.5, 0.6) is 0 Å². The van der Waals surface area contributed by atoms with Crippen LogP contribution in [0, 0.1) is 24.0 Å². The van der Waals surface area contributed by atoms with E-state index in [2.05, 4.69) is 10.3 Å². The summed E-state index contributed by atoms with van der Waals surface area (Å²) in [6.07, 6.45) is 0.479. The summed E-state index contributed by atoms with van der Waals surface area (Å²) in [5.41, 5.74) is 2.27. The van der Waals surface area contributed by atoms with Crippen LogP contribution in [0.4, 0.5) is 16.5 Å². The minimum absolute atomic E-state index is 0.00692. The molecule has 0 fully saturated rings. The molecule has 0 aliphatic carbocycles. The van der Waals surface area contributed by atoms with Crippen LogP contribution in [-0.4, -0.2) is 21.0 Å². The largest absolute Gasteiger partial charge is 0.481 e. The van der Waals surface area contributed by atoms with Crippen LogP contribution in [0.25, 0.3) is 0 Å². The summed E-state index contributed by atoms with van der Waals surface area (Å²) in [5.74, 6) is -0.850. The predicted molar refractivity (Wildman–Crippen MR) is 83.9 cm³/mol. The maximum Gasteiger partial charge on any atom is 0.303 e. The van der Waals surface area contributed by atoms with Gasteiger partial charge in [-0.05, 0) is 25.8 Å². The molecule has 116 valence electrons. The maximum absolute atomic E-state index is 10.8. The molecular weight excluding hydrogens is 306 g/mol. The second kappa shape index (κ2) is 6.52. The SMILES string of the molecule is Cc1ccc([N+](=O)[O-])cc1Nc1nc(C)c(CCC(=O)O)s1. The smallest absolute Gasteiger partial charge is 0.303 e. The van der Waals surface area contributed by atoms with Crippen molar-refractivity contribution in [3.8, 4) is 0 Å². The number of carboxylic acid groups (broad SMARTS) is 1. The van der Waals surface area contributed by atoms with E-state index in [0.29, 0.717) is 17.2 Å². The molecule has 0 radical (unpaired) electrons. The van der Waals surface area contributed by atoms with Crippen molar-refractivity contribution < 1.29 is 14.8 Å². The van der Waals surface area contributed by atoms with Gasteiger partial charge in [0.1, 0.15) is 0 Å². The fourth-order valence-corrected chi connectivity index (χ4v) is 2.88. The summed E-state index contributed by atoms with van der Waals surface area (Å²) >= 11 is 1.36. The third-order valence-electron chi connectivity index (χ3n) is 3.13. The van der Waals surface area contributed by atoms with Crippen LogP contribution in [-0.2, 0) is 11.2 Å². The monoisotopic (exact) mass is 321 g/mol. The van der Waals surface area contributed by atoms with Crippen molar-refractivity contribution in [3.63, 3.8) is 0 Å². The molecule has 0 spiro atoms. The summed E-state index contributed by atoms with van der Waals surface area (Å²) in [4.78, 5) is 26.3. The van der Waals surface area contributed by atoms with Gasteiger partial charge in [0.25, 0.3) is 5.69 Å². The number of carboxylic acids is 1. The maximum atomic E-state index is 10.8. The van der Waals surface area contributed by atoms with Crippen molar-refractivity contribution in [2.45, 2.75) is 26.7 Å². The molecule has 0 unspecified atom stereocenters. The van der Waals surface area contributed by atoms with Crippen LogP contribution < -0.4 is 5.32 Å². The van der Waals surface area contributed by atoms with Crippen LogP contribution in [0.3, 0.4) is 0 Å². The Morgan fingerprint density at radius 1 is 1.45 bits per heavy atom. The minimum Gasteiger partial charge on any atom is -0.481 e. The van der Waals surface area contributed by atoms with Gasteiger partial charge >= 0.3 is 5.97 Å². The van der Waals surface area contributed by atoms with Crippen molar-refractivity contribution in [1.29, 1.82) is 0 Å². The van der Waals surface area contributed by atoms with Crippen molar-refractivity contribution in [1.82, 2.24) is 4.98 Å². The fraction of sp³-hybridized carbons (Fsp3) is 0.286. The van der Waals surface area contributed by atoms with Gasteiger partial charge in [-0.25, -0.2) is 4.98 Å². The van der Waals surface area contributed by atoms with E-state index in [9.17, 15) is 14.9 Å². The number of anilines is 2. The number of carbonyl (C=O) groups is 1. The lowest BCUT2D eigenvalue weighted by molar-refractivity contribution is -0.384. The molecule has 2 rings (SSSR count). The molecule has 0 saturated carbocycles. The summed E-state index contributed by atoms with van der Waals surface area (Å²) in [6, 6.07) is 4.58. The molecule has 8 heteroatoms. The van der Waals surface area contributed by atoms with Crippen LogP contribution >= 0.6 is 11.3 Å². The van der Waals surface area contributed by atoms with E-state index in [1.807, 2.05) is 13.8 Å². The number of nitrogens with zero attached hydrogens (tertiary/aromatic N) is 2. The number of nitrogens with one attached hydrogen (secondary N) is 1. The van der Waals surface area contributed by atoms with Gasteiger partial charge in [-0.3, -0.25) is 14.9 Å². The number of hydrogen-bond donors (Lipinski definition) is 2. The van der Waals surface area contributed by atoms with Gasteiger partial charge in [0.2, 0.25) is 0 Å². The normalized spacial score (nSPS) is 10.5. The zero-order valence-corrected chi connectivity index (χ0v) is 12.9. The number of aryl methyl sites for hydroxylation is 3. The molecule has 0 atom stereocenters. The lowest BCUT2D eigenvalue weighted by atomic mass is 10.2. The quantitative estimate of drug-likeness (QED) is 0.623. The van der Waals surface area contributed by atoms with Crippen molar-refractivity contribution in [3.05, 3.63) is 44.4 Å². The third kappa shape index (κ3) is 3.79. The van der Waals surface area contributed by atoms with Crippen LogP contribution in [0.2, 0.25) is 0 Å². The summed E-state index contributed by atoms with van der Waals surface area (Å²) in [7, 11) is 0. The molecule has 0 aliphatic rings. The van der Waals surface area contributed by atoms with Gasteiger partial charge in [0, 0.05) is 17.0 Å².